The summed E-state index contributed by atoms with van der Waals surface area (Å²) in [6, 6.07) is 2.39. The predicted octanol–water partition coefficient (Wildman–Crippen LogP) is 1.59. The van der Waals surface area contributed by atoms with Crippen LogP contribution in [0.25, 0.3) is 0 Å². The number of benzene rings is 1. The molecule has 0 aromatic heterocycles. The number of amides is 1. The van der Waals surface area contributed by atoms with Gasteiger partial charge in [0.05, 0.1) is 14.9 Å². The Morgan fingerprint density at radius 2 is 1.91 bits per heavy atom. The number of carboxylic acid groups (broad SMARTS) is 1. The fraction of sp³-hybridized carbons (Fsp3) is 0.385. The highest BCUT2D eigenvalue weighted by Gasteiger charge is 2.33. The van der Waals surface area contributed by atoms with Crippen LogP contribution in [0.3, 0.4) is 0 Å². The third-order valence-electron chi connectivity index (χ3n) is 2.99. The summed E-state index contributed by atoms with van der Waals surface area (Å²) in [7, 11) is -4.12. The molecule has 0 fully saturated rings. The SMILES string of the molecule is CC(=O)NCCN(C(C)C(=O)O)S(=O)(=O)c1ccc(Cl)c(Cl)c1. The van der Waals surface area contributed by atoms with Crippen molar-refractivity contribution in [1.29, 1.82) is 0 Å². The van der Waals surface area contributed by atoms with Crippen molar-refractivity contribution < 1.29 is 23.1 Å². The summed E-state index contributed by atoms with van der Waals surface area (Å²) in [5, 5.41) is 11.8. The van der Waals surface area contributed by atoms with Crippen LogP contribution in [0, 0.1) is 0 Å². The van der Waals surface area contributed by atoms with Gasteiger partial charge >= 0.3 is 5.97 Å². The zero-order chi connectivity index (χ0) is 17.8. The summed E-state index contributed by atoms with van der Waals surface area (Å²) in [5.41, 5.74) is 0. The first-order valence-corrected chi connectivity index (χ1v) is 8.71. The molecular formula is C13H16Cl2N2O5S. The molecule has 0 saturated heterocycles. The van der Waals surface area contributed by atoms with Crippen LogP contribution < -0.4 is 5.32 Å². The average Bonchev–Trinajstić information content (AvgIpc) is 2.45. The number of carbonyl (C=O) groups is 2. The number of sulfonamides is 1. The van der Waals surface area contributed by atoms with E-state index in [1.54, 1.807) is 0 Å². The molecule has 1 atom stereocenters. The molecule has 1 rings (SSSR count). The number of hydrogen-bond donors (Lipinski definition) is 2. The van der Waals surface area contributed by atoms with Crippen LogP contribution in [0.5, 0.6) is 0 Å². The van der Waals surface area contributed by atoms with Gasteiger partial charge in [0.25, 0.3) is 0 Å². The van der Waals surface area contributed by atoms with Crippen molar-refractivity contribution in [3.8, 4) is 0 Å². The first-order valence-electron chi connectivity index (χ1n) is 6.51. The summed E-state index contributed by atoms with van der Waals surface area (Å²) in [4.78, 5) is 21.9. The molecule has 0 aliphatic carbocycles. The van der Waals surface area contributed by atoms with Crippen LogP contribution in [-0.4, -0.2) is 48.8 Å². The van der Waals surface area contributed by atoms with E-state index >= 15 is 0 Å². The lowest BCUT2D eigenvalue weighted by Gasteiger charge is -2.26. The Bertz CT molecular complexity index is 708. The van der Waals surface area contributed by atoms with Gasteiger partial charge in [-0.1, -0.05) is 23.2 Å². The van der Waals surface area contributed by atoms with E-state index < -0.39 is 22.0 Å². The minimum Gasteiger partial charge on any atom is -0.480 e. The third kappa shape index (κ3) is 5.07. The van der Waals surface area contributed by atoms with E-state index in [-0.39, 0.29) is 33.9 Å². The van der Waals surface area contributed by atoms with E-state index in [4.69, 9.17) is 28.3 Å². The number of carboxylic acids is 1. The summed E-state index contributed by atoms with van der Waals surface area (Å²) in [6.45, 7) is 2.30. The highest BCUT2D eigenvalue weighted by molar-refractivity contribution is 7.89. The number of nitrogens with zero attached hydrogens (tertiary/aromatic N) is 1. The second kappa shape index (κ2) is 7.96. The maximum Gasteiger partial charge on any atom is 0.321 e. The van der Waals surface area contributed by atoms with Crippen LogP contribution in [0.1, 0.15) is 13.8 Å². The van der Waals surface area contributed by atoms with Gasteiger partial charge in [-0.05, 0) is 25.1 Å². The van der Waals surface area contributed by atoms with Gasteiger partial charge in [0.15, 0.2) is 0 Å². The second-order valence-electron chi connectivity index (χ2n) is 4.69. The van der Waals surface area contributed by atoms with Crippen molar-refractivity contribution in [1.82, 2.24) is 9.62 Å². The van der Waals surface area contributed by atoms with Crippen molar-refractivity contribution >= 4 is 45.1 Å². The molecule has 0 bridgehead atoms. The molecule has 1 aromatic rings. The zero-order valence-electron chi connectivity index (χ0n) is 12.4. The van der Waals surface area contributed by atoms with Gasteiger partial charge in [-0.15, -0.1) is 0 Å². The smallest absolute Gasteiger partial charge is 0.321 e. The molecule has 128 valence electrons. The van der Waals surface area contributed by atoms with Gasteiger partial charge in [-0.3, -0.25) is 9.59 Å². The van der Waals surface area contributed by atoms with Crippen LogP contribution in [-0.2, 0) is 19.6 Å². The maximum absolute atomic E-state index is 12.7. The van der Waals surface area contributed by atoms with E-state index in [1.165, 1.54) is 26.0 Å². The molecule has 0 radical (unpaired) electrons. The summed E-state index contributed by atoms with van der Waals surface area (Å²) in [5.74, 6) is -1.66. The molecule has 0 aliphatic rings. The monoisotopic (exact) mass is 382 g/mol. The summed E-state index contributed by atoms with van der Waals surface area (Å²) in [6.07, 6.45) is 0. The van der Waals surface area contributed by atoms with Crippen molar-refractivity contribution in [2.45, 2.75) is 24.8 Å². The Balaban J connectivity index is 3.18. The molecule has 1 aromatic carbocycles. The molecule has 2 N–H and O–H groups in total. The highest BCUT2D eigenvalue weighted by atomic mass is 35.5. The van der Waals surface area contributed by atoms with Crippen molar-refractivity contribution in [3.05, 3.63) is 28.2 Å². The Morgan fingerprint density at radius 1 is 1.30 bits per heavy atom. The number of halogens is 2. The second-order valence-corrected chi connectivity index (χ2v) is 7.39. The molecule has 10 heteroatoms. The molecular weight excluding hydrogens is 367 g/mol. The van der Waals surface area contributed by atoms with Gasteiger partial charge in [-0.2, -0.15) is 4.31 Å². The van der Waals surface area contributed by atoms with E-state index in [0.717, 1.165) is 10.4 Å². The van der Waals surface area contributed by atoms with Crippen LogP contribution in [0.4, 0.5) is 0 Å². The Kier molecular flexibility index (Phi) is 6.82. The topological polar surface area (TPSA) is 104 Å². The average molecular weight is 383 g/mol. The van der Waals surface area contributed by atoms with E-state index in [2.05, 4.69) is 5.32 Å². The van der Waals surface area contributed by atoms with E-state index in [9.17, 15) is 18.0 Å². The maximum atomic E-state index is 12.7. The number of carbonyl (C=O) groups excluding carboxylic acids is 1. The number of nitrogens with one attached hydrogen (secondary N) is 1. The first-order chi connectivity index (χ1) is 10.6. The fourth-order valence-electron chi connectivity index (χ4n) is 1.76. The number of hydrogen-bond acceptors (Lipinski definition) is 4. The van der Waals surface area contributed by atoms with Gasteiger partial charge in [0, 0.05) is 20.0 Å². The van der Waals surface area contributed by atoms with Gasteiger partial charge < -0.3 is 10.4 Å². The van der Waals surface area contributed by atoms with E-state index in [0.29, 0.717) is 0 Å². The lowest BCUT2D eigenvalue weighted by Crippen LogP contribution is -2.46. The zero-order valence-corrected chi connectivity index (χ0v) is 14.7. The van der Waals surface area contributed by atoms with Crippen LogP contribution in [0.2, 0.25) is 10.0 Å². The van der Waals surface area contributed by atoms with Crippen molar-refractivity contribution in [2.75, 3.05) is 13.1 Å². The first kappa shape index (κ1) is 19.7. The Morgan fingerprint density at radius 3 is 2.39 bits per heavy atom. The predicted molar refractivity (Wildman–Crippen MR) is 86.1 cm³/mol. The molecule has 1 amide bonds. The largest absolute Gasteiger partial charge is 0.480 e. The normalized spacial score (nSPS) is 12.9. The van der Waals surface area contributed by atoms with Gasteiger partial charge in [-0.25, -0.2) is 8.42 Å². The minimum absolute atomic E-state index is 0.0203. The Hall–Kier alpha value is -1.35. The molecule has 0 heterocycles. The number of aliphatic carboxylic acids is 1. The molecule has 1 unspecified atom stereocenters. The van der Waals surface area contributed by atoms with Crippen LogP contribution in [0.15, 0.2) is 23.1 Å². The van der Waals surface area contributed by atoms with Gasteiger partial charge in [0.1, 0.15) is 6.04 Å². The fourth-order valence-corrected chi connectivity index (χ4v) is 3.74. The number of rotatable bonds is 7. The van der Waals surface area contributed by atoms with E-state index in [1.807, 2.05) is 0 Å². The molecule has 0 aliphatic heterocycles. The van der Waals surface area contributed by atoms with Crippen molar-refractivity contribution in [2.24, 2.45) is 0 Å². The molecule has 7 nitrogen and oxygen atoms in total. The highest BCUT2D eigenvalue weighted by Crippen LogP contribution is 2.27. The lowest BCUT2D eigenvalue weighted by atomic mass is 10.3. The summed E-state index contributed by atoms with van der Waals surface area (Å²) < 4.78 is 26.1. The molecule has 23 heavy (non-hydrogen) atoms. The van der Waals surface area contributed by atoms with Crippen LogP contribution >= 0.6 is 23.2 Å². The van der Waals surface area contributed by atoms with Gasteiger partial charge in [0.2, 0.25) is 15.9 Å². The quantitative estimate of drug-likeness (QED) is 0.744. The standard InChI is InChI=1S/C13H16Cl2N2O5S/c1-8(13(19)20)17(6-5-16-9(2)18)23(21,22)10-3-4-11(14)12(15)7-10/h3-4,7-8H,5-6H2,1-2H3,(H,16,18)(H,19,20). The molecule has 0 saturated carbocycles. The Labute approximate surface area is 144 Å². The minimum atomic E-state index is -4.12. The van der Waals surface area contributed by atoms with Crippen molar-refractivity contribution in [3.63, 3.8) is 0 Å². The third-order valence-corrected chi connectivity index (χ3v) is 5.70. The lowest BCUT2D eigenvalue weighted by molar-refractivity contribution is -0.140. The summed E-state index contributed by atoms with van der Waals surface area (Å²) >= 11 is 11.6. The molecule has 0 spiro atoms.